The van der Waals surface area contributed by atoms with Crippen molar-refractivity contribution in [2.75, 3.05) is 0 Å². The molecule has 1 heteroatoms. The zero-order valence-corrected chi connectivity index (χ0v) is 11.6. The third-order valence-electron chi connectivity index (χ3n) is 1.89. The number of rotatable bonds is 5. The van der Waals surface area contributed by atoms with Gasteiger partial charge >= 0.3 is 79.5 Å². The van der Waals surface area contributed by atoms with Crippen LogP contribution in [0.25, 0.3) is 0 Å². The molecule has 0 radical (unpaired) electrons. The molecule has 66 valence electrons. The molecule has 0 amide bonds. The standard InChI is InChI=1S/2C4H9.C2H5.Sn/c2*1-4(2)3;1-2;/h2*4H,1H2,2-3H3;1H2,2H3;/q;;;+1. The Labute approximate surface area is 79.5 Å². The molecule has 0 saturated heterocycles. The molecule has 0 aromatic heterocycles. The van der Waals surface area contributed by atoms with Crippen molar-refractivity contribution >= 4 is 19.8 Å². The van der Waals surface area contributed by atoms with Gasteiger partial charge in [0.2, 0.25) is 0 Å². The van der Waals surface area contributed by atoms with Gasteiger partial charge in [0.15, 0.2) is 0 Å². The van der Waals surface area contributed by atoms with Crippen molar-refractivity contribution in [3.05, 3.63) is 0 Å². The summed E-state index contributed by atoms with van der Waals surface area (Å²) in [5.74, 6) is 1.92. The summed E-state index contributed by atoms with van der Waals surface area (Å²) in [6.45, 7) is 11.9. The SMILES string of the molecule is C[CH2][Sn+]([CH2]C(C)C)[CH2]C(C)C. The third-order valence-corrected chi connectivity index (χ3v) is 12.7. The Bertz CT molecular complexity index is 76.9. The zero-order chi connectivity index (χ0) is 8.85. The predicted molar refractivity (Wildman–Crippen MR) is 55.5 cm³/mol. The summed E-state index contributed by atoms with van der Waals surface area (Å²) in [4.78, 5) is 0. The van der Waals surface area contributed by atoms with E-state index in [1.165, 1.54) is 0 Å². The van der Waals surface area contributed by atoms with E-state index in [0.717, 1.165) is 11.8 Å². The minimum atomic E-state index is -0.868. The Kier molecular flexibility index (Phi) is 6.79. The Morgan fingerprint density at radius 3 is 1.45 bits per heavy atom. The van der Waals surface area contributed by atoms with Gasteiger partial charge in [-0.25, -0.2) is 0 Å². The van der Waals surface area contributed by atoms with E-state index in [0.29, 0.717) is 0 Å². The van der Waals surface area contributed by atoms with Gasteiger partial charge in [-0.1, -0.05) is 0 Å². The van der Waals surface area contributed by atoms with E-state index in [-0.39, 0.29) is 0 Å². The molecule has 0 aliphatic heterocycles. The molecule has 0 bridgehead atoms. The van der Waals surface area contributed by atoms with Crippen LogP contribution in [0.1, 0.15) is 34.6 Å². The summed E-state index contributed by atoms with van der Waals surface area (Å²) in [6.07, 6.45) is 0. The van der Waals surface area contributed by atoms with Gasteiger partial charge in [-0.05, 0) is 0 Å². The van der Waals surface area contributed by atoms with Crippen LogP contribution < -0.4 is 0 Å². The Balaban J connectivity index is 3.58. The van der Waals surface area contributed by atoms with E-state index in [1.54, 1.807) is 13.3 Å². The fourth-order valence-corrected chi connectivity index (χ4v) is 10.2. The molecule has 11 heavy (non-hydrogen) atoms. The summed E-state index contributed by atoms with van der Waals surface area (Å²) in [5.41, 5.74) is 0. The molecule has 0 aromatic rings. The first kappa shape index (κ1) is 11.8. The molecule has 0 nitrogen and oxygen atoms in total. The van der Waals surface area contributed by atoms with Crippen LogP contribution in [0.3, 0.4) is 0 Å². The fourth-order valence-electron chi connectivity index (χ4n) is 1.53. The summed E-state index contributed by atoms with van der Waals surface area (Å²) < 4.78 is 4.77. The monoisotopic (exact) mass is 263 g/mol. The minimum absolute atomic E-state index is 0.868. The van der Waals surface area contributed by atoms with E-state index in [1.807, 2.05) is 0 Å². The second-order valence-corrected chi connectivity index (χ2v) is 12.9. The first-order valence-electron chi connectivity index (χ1n) is 4.89. The van der Waals surface area contributed by atoms with Crippen LogP contribution in [0.2, 0.25) is 13.3 Å². The van der Waals surface area contributed by atoms with Gasteiger partial charge in [-0.15, -0.1) is 0 Å². The Morgan fingerprint density at radius 1 is 0.909 bits per heavy atom. The average Bonchev–Trinajstić information content (AvgIpc) is 1.84. The molecule has 0 rings (SSSR count). The molecule has 0 aliphatic rings. The maximum absolute atomic E-state index is 2.40. The molecule has 0 N–H and O–H groups in total. The van der Waals surface area contributed by atoms with E-state index in [4.69, 9.17) is 0 Å². The molecular weight excluding hydrogens is 239 g/mol. The molecule has 0 unspecified atom stereocenters. The van der Waals surface area contributed by atoms with Gasteiger partial charge in [0.05, 0.1) is 0 Å². The van der Waals surface area contributed by atoms with E-state index >= 15 is 0 Å². The molecule has 0 aromatic carbocycles. The van der Waals surface area contributed by atoms with Crippen molar-refractivity contribution in [3.63, 3.8) is 0 Å². The molecule has 0 aliphatic carbocycles. The van der Waals surface area contributed by atoms with Crippen LogP contribution in [-0.2, 0) is 0 Å². The van der Waals surface area contributed by atoms with Crippen LogP contribution in [0.4, 0.5) is 0 Å². The van der Waals surface area contributed by atoms with Crippen LogP contribution in [0.15, 0.2) is 0 Å². The third kappa shape index (κ3) is 7.17. The second-order valence-electron chi connectivity index (χ2n) is 4.30. The molecule has 0 atom stereocenters. The summed E-state index contributed by atoms with van der Waals surface area (Å²) >= 11 is -0.868. The number of hydrogen-bond donors (Lipinski definition) is 0. The summed E-state index contributed by atoms with van der Waals surface area (Å²) in [5, 5.41) is 0. The molecule has 0 heterocycles. The van der Waals surface area contributed by atoms with Crippen molar-refractivity contribution in [3.8, 4) is 0 Å². The van der Waals surface area contributed by atoms with E-state index in [2.05, 4.69) is 34.6 Å². The van der Waals surface area contributed by atoms with Crippen molar-refractivity contribution < 1.29 is 0 Å². The first-order chi connectivity index (χ1) is 5.06. The predicted octanol–water partition coefficient (Wildman–Crippen LogP) is 3.81. The van der Waals surface area contributed by atoms with Gasteiger partial charge in [0, 0.05) is 0 Å². The van der Waals surface area contributed by atoms with Crippen molar-refractivity contribution in [2.24, 2.45) is 11.8 Å². The molecule has 0 saturated carbocycles. The van der Waals surface area contributed by atoms with Crippen molar-refractivity contribution in [1.29, 1.82) is 0 Å². The number of hydrogen-bond acceptors (Lipinski definition) is 0. The Morgan fingerprint density at radius 2 is 1.27 bits per heavy atom. The molecule has 0 fully saturated rings. The van der Waals surface area contributed by atoms with Gasteiger partial charge in [-0.2, -0.15) is 0 Å². The maximum atomic E-state index is 2.40. The van der Waals surface area contributed by atoms with Gasteiger partial charge in [-0.3, -0.25) is 0 Å². The average molecular weight is 262 g/mol. The summed E-state index contributed by atoms with van der Waals surface area (Å²) in [6, 6.07) is 0. The topological polar surface area (TPSA) is 0 Å². The molecule has 0 spiro atoms. The first-order valence-corrected chi connectivity index (χ1v) is 10.9. The second kappa shape index (κ2) is 6.33. The van der Waals surface area contributed by atoms with Gasteiger partial charge < -0.3 is 0 Å². The summed E-state index contributed by atoms with van der Waals surface area (Å²) in [7, 11) is 0. The van der Waals surface area contributed by atoms with Crippen molar-refractivity contribution in [1.82, 2.24) is 0 Å². The van der Waals surface area contributed by atoms with Crippen molar-refractivity contribution in [2.45, 2.75) is 47.9 Å². The van der Waals surface area contributed by atoms with E-state index < -0.39 is 19.8 Å². The quantitative estimate of drug-likeness (QED) is 0.661. The van der Waals surface area contributed by atoms with Gasteiger partial charge in [0.25, 0.3) is 0 Å². The van der Waals surface area contributed by atoms with Crippen LogP contribution in [0.5, 0.6) is 0 Å². The normalized spacial score (nSPS) is 11.2. The fraction of sp³-hybridized carbons (Fsp3) is 1.00. The zero-order valence-electron chi connectivity index (χ0n) is 8.78. The van der Waals surface area contributed by atoms with Gasteiger partial charge in [0.1, 0.15) is 0 Å². The van der Waals surface area contributed by atoms with E-state index in [9.17, 15) is 0 Å². The molecular formula is C10H23Sn+. The van der Waals surface area contributed by atoms with Crippen LogP contribution in [0, 0.1) is 11.8 Å². The Hall–Kier alpha value is 0.799. The van der Waals surface area contributed by atoms with Crippen LogP contribution in [-0.4, -0.2) is 19.8 Å². The van der Waals surface area contributed by atoms with Crippen LogP contribution >= 0.6 is 0 Å².